The minimum atomic E-state index is -0.699. The molecule has 1 aliphatic rings. The number of urea groups is 1. The predicted octanol–water partition coefficient (Wildman–Crippen LogP) is 2.57. The smallest absolute Gasteiger partial charge is 0.354 e. The summed E-state index contributed by atoms with van der Waals surface area (Å²) in [5.41, 5.74) is 2.04. The Morgan fingerprint density at radius 1 is 1.03 bits per heavy atom. The summed E-state index contributed by atoms with van der Waals surface area (Å²) >= 11 is 0. The molecule has 9 nitrogen and oxygen atoms in total. The third kappa shape index (κ3) is 4.93. The Hall–Kier alpha value is -3.88. The second-order valence-corrected chi connectivity index (χ2v) is 6.44. The summed E-state index contributed by atoms with van der Waals surface area (Å²) in [5, 5.41) is 13.8. The zero-order valence-corrected chi connectivity index (χ0v) is 16.7. The number of hydrazone groups is 1. The van der Waals surface area contributed by atoms with Gasteiger partial charge in [0.05, 0.1) is 12.3 Å². The fourth-order valence-electron chi connectivity index (χ4n) is 2.93. The molecule has 9 heteroatoms. The van der Waals surface area contributed by atoms with Crippen molar-refractivity contribution in [3.63, 3.8) is 0 Å². The first-order chi connectivity index (χ1) is 14.5. The number of para-hydroxylation sites is 1. The highest BCUT2D eigenvalue weighted by molar-refractivity contribution is 6.38. The molecule has 0 radical (unpaired) electrons. The molecular weight excluding hydrogens is 386 g/mol. The van der Waals surface area contributed by atoms with Crippen molar-refractivity contribution in [1.82, 2.24) is 5.32 Å². The van der Waals surface area contributed by atoms with Gasteiger partial charge in [0.15, 0.2) is 0 Å². The first-order valence-corrected chi connectivity index (χ1v) is 9.50. The number of amides is 3. The molecule has 0 aliphatic carbocycles. The van der Waals surface area contributed by atoms with Gasteiger partial charge in [-0.2, -0.15) is 5.10 Å². The van der Waals surface area contributed by atoms with Crippen LogP contribution in [0.1, 0.15) is 13.3 Å². The lowest BCUT2D eigenvalue weighted by atomic mass is 10.1. The van der Waals surface area contributed by atoms with Crippen LogP contribution in [0.15, 0.2) is 59.7 Å². The van der Waals surface area contributed by atoms with Gasteiger partial charge < -0.3 is 20.7 Å². The Bertz CT molecular complexity index is 944. The Kier molecular flexibility index (Phi) is 6.63. The topological polar surface area (TPSA) is 112 Å². The molecule has 0 saturated carbocycles. The van der Waals surface area contributed by atoms with Gasteiger partial charge in [0.1, 0.15) is 11.8 Å². The molecule has 30 heavy (non-hydrogen) atoms. The number of anilines is 3. The zero-order chi connectivity index (χ0) is 21.5. The monoisotopic (exact) mass is 409 g/mol. The standard InChI is InChI=1S/C21H23N5O4/c1-3-30-20(28)17-13-18(26(25-17)16-7-5-4-6-8-16)19(27)23-14-9-11-15(12-10-14)24-21(29)22-2/h4-12,18H,3,13H2,1-2H3,(H,23,27)(H2,22,24,29). The highest BCUT2D eigenvalue weighted by Gasteiger charge is 2.36. The summed E-state index contributed by atoms with van der Waals surface area (Å²) < 4.78 is 5.04. The zero-order valence-electron chi connectivity index (χ0n) is 16.7. The van der Waals surface area contributed by atoms with Crippen LogP contribution in [0.4, 0.5) is 21.9 Å². The molecule has 1 aliphatic heterocycles. The third-order valence-electron chi connectivity index (χ3n) is 4.38. The van der Waals surface area contributed by atoms with E-state index < -0.39 is 12.0 Å². The summed E-state index contributed by atoms with van der Waals surface area (Å²) in [5.74, 6) is -0.840. The maximum Gasteiger partial charge on any atom is 0.354 e. The SMILES string of the molecule is CCOC(=O)C1=NN(c2ccccc2)C(C(=O)Nc2ccc(NC(=O)NC)cc2)C1. The number of nitrogens with one attached hydrogen (secondary N) is 3. The van der Waals surface area contributed by atoms with E-state index in [0.717, 1.165) is 0 Å². The van der Waals surface area contributed by atoms with E-state index in [1.165, 1.54) is 12.1 Å². The lowest BCUT2D eigenvalue weighted by Crippen LogP contribution is -2.38. The maximum atomic E-state index is 13.0. The van der Waals surface area contributed by atoms with Crippen LogP contribution >= 0.6 is 0 Å². The molecule has 1 heterocycles. The van der Waals surface area contributed by atoms with E-state index in [1.54, 1.807) is 31.2 Å². The molecule has 156 valence electrons. The lowest BCUT2D eigenvalue weighted by molar-refractivity contribution is -0.135. The van der Waals surface area contributed by atoms with Crippen LogP contribution in [0, 0.1) is 0 Å². The molecule has 3 amide bonds. The van der Waals surface area contributed by atoms with Crippen molar-refractivity contribution in [3.05, 3.63) is 54.6 Å². The molecule has 2 aromatic carbocycles. The van der Waals surface area contributed by atoms with Gasteiger partial charge in [-0.05, 0) is 43.3 Å². The minimum Gasteiger partial charge on any atom is -0.461 e. The number of carbonyl (C=O) groups excluding carboxylic acids is 3. The minimum absolute atomic E-state index is 0.135. The Labute approximate surface area is 174 Å². The van der Waals surface area contributed by atoms with Crippen molar-refractivity contribution in [3.8, 4) is 0 Å². The van der Waals surface area contributed by atoms with E-state index >= 15 is 0 Å². The van der Waals surface area contributed by atoms with Gasteiger partial charge in [0.25, 0.3) is 0 Å². The fourth-order valence-corrected chi connectivity index (χ4v) is 2.93. The lowest BCUT2D eigenvalue weighted by Gasteiger charge is -2.22. The van der Waals surface area contributed by atoms with Crippen LogP contribution in [-0.2, 0) is 14.3 Å². The summed E-state index contributed by atoms with van der Waals surface area (Å²) in [4.78, 5) is 36.5. The summed E-state index contributed by atoms with van der Waals surface area (Å²) in [7, 11) is 1.52. The number of esters is 1. The maximum absolute atomic E-state index is 13.0. The largest absolute Gasteiger partial charge is 0.461 e. The second kappa shape index (κ2) is 9.55. The van der Waals surface area contributed by atoms with E-state index in [0.29, 0.717) is 17.1 Å². The Morgan fingerprint density at radius 2 is 1.67 bits per heavy atom. The number of rotatable bonds is 6. The van der Waals surface area contributed by atoms with Crippen molar-refractivity contribution in [2.45, 2.75) is 19.4 Å². The highest BCUT2D eigenvalue weighted by atomic mass is 16.5. The molecular formula is C21H23N5O4. The van der Waals surface area contributed by atoms with Gasteiger partial charge in [0.2, 0.25) is 5.91 Å². The molecule has 3 N–H and O–H groups in total. The van der Waals surface area contributed by atoms with E-state index in [2.05, 4.69) is 21.1 Å². The fraction of sp³-hybridized carbons (Fsp3) is 0.238. The average molecular weight is 409 g/mol. The molecule has 1 atom stereocenters. The van der Waals surface area contributed by atoms with Crippen molar-refractivity contribution >= 4 is 40.7 Å². The van der Waals surface area contributed by atoms with Crippen LogP contribution < -0.4 is 21.0 Å². The van der Waals surface area contributed by atoms with Gasteiger partial charge in [-0.15, -0.1) is 0 Å². The average Bonchev–Trinajstić information content (AvgIpc) is 3.22. The molecule has 2 aromatic rings. The quantitative estimate of drug-likeness (QED) is 0.635. The van der Waals surface area contributed by atoms with Gasteiger partial charge in [-0.25, -0.2) is 9.59 Å². The van der Waals surface area contributed by atoms with E-state index in [9.17, 15) is 14.4 Å². The Balaban J connectivity index is 1.74. The van der Waals surface area contributed by atoms with Gasteiger partial charge in [0, 0.05) is 24.8 Å². The molecule has 3 rings (SSSR count). The van der Waals surface area contributed by atoms with Crippen LogP contribution in [0.5, 0.6) is 0 Å². The van der Waals surface area contributed by atoms with Crippen LogP contribution in [0.25, 0.3) is 0 Å². The highest BCUT2D eigenvalue weighted by Crippen LogP contribution is 2.26. The Morgan fingerprint density at radius 3 is 2.27 bits per heavy atom. The number of benzene rings is 2. The number of carbonyl (C=O) groups is 3. The van der Waals surface area contributed by atoms with Crippen molar-refractivity contribution in [2.24, 2.45) is 5.10 Å². The predicted molar refractivity (Wildman–Crippen MR) is 115 cm³/mol. The first kappa shape index (κ1) is 20.8. The second-order valence-electron chi connectivity index (χ2n) is 6.44. The molecule has 0 bridgehead atoms. The van der Waals surface area contributed by atoms with Crippen molar-refractivity contribution in [2.75, 3.05) is 29.3 Å². The van der Waals surface area contributed by atoms with Gasteiger partial charge >= 0.3 is 12.0 Å². The molecule has 0 spiro atoms. The number of hydrogen-bond acceptors (Lipinski definition) is 6. The van der Waals surface area contributed by atoms with E-state index in [4.69, 9.17) is 4.74 Å². The van der Waals surface area contributed by atoms with Crippen LogP contribution in [0.3, 0.4) is 0 Å². The van der Waals surface area contributed by atoms with Crippen LogP contribution in [-0.4, -0.2) is 43.3 Å². The van der Waals surface area contributed by atoms with E-state index in [-0.39, 0.29) is 30.7 Å². The molecule has 0 fully saturated rings. The molecule has 1 unspecified atom stereocenters. The first-order valence-electron chi connectivity index (χ1n) is 9.50. The van der Waals surface area contributed by atoms with Crippen molar-refractivity contribution < 1.29 is 19.1 Å². The number of ether oxygens (including phenoxy) is 1. The third-order valence-corrected chi connectivity index (χ3v) is 4.38. The molecule has 0 aromatic heterocycles. The summed E-state index contributed by atoms with van der Waals surface area (Å²) in [6.45, 7) is 1.95. The normalized spacial score (nSPS) is 15.2. The van der Waals surface area contributed by atoms with Gasteiger partial charge in [-0.1, -0.05) is 18.2 Å². The molecule has 0 saturated heterocycles. The number of hydrogen-bond donors (Lipinski definition) is 3. The number of nitrogens with zero attached hydrogens (tertiary/aromatic N) is 2. The summed E-state index contributed by atoms with van der Waals surface area (Å²) in [6, 6.07) is 14.8. The van der Waals surface area contributed by atoms with E-state index in [1.807, 2.05) is 30.3 Å². The van der Waals surface area contributed by atoms with Gasteiger partial charge in [-0.3, -0.25) is 9.80 Å². The van der Waals surface area contributed by atoms with Crippen LogP contribution in [0.2, 0.25) is 0 Å². The van der Waals surface area contributed by atoms with Crippen molar-refractivity contribution in [1.29, 1.82) is 0 Å². The summed E-state index contributed by atoms with van der Waals surface area (Å²) in [6.07, 6.45) is 0.135.